The molecular formula is C28H22ClFN6O. The van der Waals surface area contributed by atoms with E-state index in [0.29, 0.717) is 40.3 Å². The average molecular weight is 513 g/mol. The van der Waals surface area contributed by atoms with E-state index in [-0.39, 0.29) is 5.82 Å². The molecule has 0 bridgehead atoms. The Bertz CT molecular complexity index is 1750. The summed E-state index contributed by atoms with van der Waals surface area (Å²) in [4.78, 5) is 4.26. The molecule has 7 nitrogen and oxygen atoms in total. The van der Waals surface area contributed by atoms with Crippen LogP contribution < -0.4 is 0 Å². The molecular weight excluding hydrogens is 491 g/mol. The molecule has 3 aromatic heterocycles. The maximum absolute atomic E-state index is 13.8. The van der Waals surface area contributed by atoms with Crippen molar-refractivity contribution in [3.8, 4) is 0 Å². The summed E-state index contributed by atoms with van der Waals surface area (Å²) < 4.78 is 17.3. The molecule has 0 saturated carbocycles. The number of rotatable bonds is 6. The summed E-state index contributed by atoms with van der Waals surface area (Å²) in [7, 11) is 1.85. The van der Waals surface area contributed by atoms with Crippen LogP contribution in [0.25, 0.3) is 16.6 Å². The molecule has 0 spiro atoms. The lowest BCUT2D eigenvalue weighted by Crippen LogP contribution is -2.31. The standard InChI is InChI=1S/C28H22ClFN6O/c1-35-17-31-16-26(35)28(37,20-7-10-22(29)11-8-20)21-9-12-25-24(15-21)19(14-27-32-33-34-36(25)27)6-5-18-3-2-4-23(30)13-18/h2-4,7-17,37H,5-6H2,1H3. The molecule has 0 radical (unpaired) electrons. The maximum Gasteiger partial charge on any atom is 0.180 e. The number of halogens is 2. The second-order valence-corrected chi connectivity index (χ2v) is 9.52. The first-order valence-corrected chi connectivity index (χ1v) is 12.1. The van der Waals surface area contributed by atoms with Crippen LogP contribution in [0.4, 0.5) is 4.39 Å². The molecule has 0 aliphatic carbocycles. The van der Waals surface area contributed by atoms with Crippen molar-refractivity contribution in [2.24, 2.45) is 7.05 Å². The van der Waals surface area contributed by atoms with Gasteiger partial charge in [0, 0.05) is 17.5 Å². The van der Waals surface area contributed by atoms with Crippen LogP contribution in [0.5, 0.6) is 0 Å². The van der Waals surface area contributed by atoms with E-state index in [4.69, 9.17) is 11.6 Å². The number of pyridine rings is 1. The highest BCUT2D eigenvalue weighted by molar-refractivity contribution is 6.30. The largest absolute Gasteiger partial charge is 0.374 e. The average Bonchev–Trinajstić information content (AvgIpc) is 3.56. The van der Waals surface area contributed by atoms with Crippen LogP contribution in [0.15, 0.2) is 85.3 Å². The van der Waals surface area contributed by atoms with Gasteiger partial charge in [0.25, 0.3) is 0 Å². The van der Waals surface area contributed by atoms with Gasteiger partial charge in [-0.15, -0.1) is 5.10 Å². The smallest absolute Gasteiger partial charge is 0.180 e. The van der Waals surface area contributed by atoms with Crippen molar-refractivity contribution < 1.29 is 9.50 Å². The highest BCUT2D eigenvalue weighted by atomic mass is 35.5. The van der Waals surface area contributed by atoms with E-state index in [1.165, 1.54) is 6.07 Å². The Morgan fingerprint density at radius 2 is 1.78 bits per heavy atom. The molecule has 0 saturated heterocycles. The summed E-state index contributed by atoms with van der Waals surface area (Å²) in [5.41, 5.74) is 3.75. The highest BCUT2D eigenvalue weighted by Crippen LogP contribution is 2.38. The zero-order valence-corrected chi connectivity index (χ0v) is 20.6. The van der Waals surface area contributed by atoms with E-state index in [1.54, 1.807) is 45.9 Å². The maximum atomic E-state index is 13.8. The first-order valence-electron chi connectivity index (χ1n) is 11.8. The van der Waals surface area contributed by atoms with Gasteiger partial charge in [-0.1, -0.05) is 41.9 Å². The first kappa shape index (κ1) is 23.3. The number of fused-ring (bicyclic) bond motifs is 3. The lowest BCUT2D eigenvalue weighted by Gasteiger charge is -2.30. The van der Waals surface area contributed by atoms with Crippen molar-refractivity contribution in [2.45, 2.75) is 18.4 Å². The molecule has 1 atom stereocenters. The molecule has 1 unspecified atom stereocenters. The Balaban J connectivity index is 1.54. The van der Waals surface area contributed by atoms with E-state index < -0.39 is 5.60 Å². The number of hydrogen-bond donors (Lipinski definition) is 1. The molecule has 3 heterocycles. The van der Waals surface area contributed by atoms with Gasteiger partial charge in [0.05, 0.1) is 23.7 Å². The minimum absolute atomic E-state index is 0.258. The second-order valence-electron chi connectivity index (χ2n) is 9.09. The van der Waals surface area contributed by atoms with E-state index in [9.17, 15) is 9.50 Å². The molecule has 0 aliphatic rings. The molecule has 184 valence electrons. The van der Waals surface area contributed by atoms with Crippen LogP contribution in [-0.2, 0) is 25.5 Å². The Labute approximate surface area is 216 Å². The normalized spacial score (nSPS) is 13.3. The molecule has 6 aromatic rings. The predicted octanol–water partition coefficient (Wildman–Crippen LogP) is 4.87. The summed E-state index contributed by atoms with van der Waals surface area (Å²) in [6.07, 6.45) is 4.59. The number of aromatic nitrogens is 6. The summed E-state index contributed by atoms with van der Waals surface area (Å²) >= 11 is 6.16. The number of benzene rings is 3. The van der Waals surface area contributed by atoms with Crippen LogP contribution in [0.1, 0.15) is 27.9 Å². The molecule has 6 rings (SSSR count). The quantitative estimate of drug-likeness (QED) is 0.344. The third kappa shape index (κ3) is 4.04. The highest BCUT2D eigenvalue weighted by Gasteiger charge is 2.37. The Kier molecular flexibility index (Phi) is 5.70. The van der Waals surface area contributed by atoms with Gasteiger partial charge in [0.1, 0.15) is 5.82 Å². The number of aliphatic hydroxyl groups is 1. The monoisotopic (exact) mass is 512 g/mol. The number of tetrazole rings is 1. The van der Waals surface area contributed by atoms with E-state index in [1.807, 2.05) is 49.5 Å². The van der Waals surface area contributed by atoms with Crippen LogP contribution in [0, 0.1) is 5.82 Å². The molecule has 0 amide bonds. The van der Waals surface area contributed by atoms with Crippen molar-refractivity contribution in [3.63, 3.8) is 0 Å². The van der Waals surface area contributed by atoms with Gasteiger partial charge in [-0.05, 0) is 88.0 Å². The van der Waals surface area contributed by atoms with Gasteiger partial charge in [0.2, 0.25) is 0 Å². The summed E-state index contributed by atoms with van der Waals surface area (Å²) in [5.74, 6) is -0.258. The molecule has 0 aliphatic heterocycles. The van der Waals surface area contributed by atoms with Crippen LogP contribution >= 0.6 is 11.6 Å². The molecule has 1 N–H and O–H groups in total. The fourth-order valence-corrected chi connectivity index (χ4v) is 5.06. The zero-order valence-electron chi connectivity index (χ0n) is 19.9. The first-order chi connectivity index (χ1) is 17.9. The van der Waals surface area contributed by atoms with Crippen molar-refractivity contribution >= 4 is 28.2 Å². The second kappa shape index (κ2) is 9.06. The third-order valence-electron chi connectivity index (χ3n) is 6.81. The van der Waals surface area contributed by atoms with Crippen molar-refractivity contribution in [3.05, 3.63) is 124 Å². The summed E-state index contributed by atoms with van der Waals surface area (Å²) in [6, 6.07) is 21.5. The summed E-state index contributed by atoms with van der Waals surface area (Å²) in [6.45, 7) is 0. The fraction of sp³-hybridized carbons (Fsp3) is 0.143. The Morgan fingerprint density at radius 3 is 2.54 bits per heavy atom. The molecule has 37 heavy (non-hydrogen) atoms. The van der Waals surface area contributed by atoms with Crippen LogP contribution in [0.3, 0.4) is 0 Å². The number of nitrogens with zero attached hydrogens (tertiary/aromatic N) is 6. The Morgan fingerprint density at radius 1 is 0.973 bits per heavy atom. The van der Waals surface area contributed by atoms with Crippen LogP contribution in [0.2, 0.25) is 5.02 Å². The van der Waals surface area contributed by atoms with Crippen LogP contribution in [-0.4, -0.2) is 34.7 Å². The molecule has 0 fully saturated rings. The SMILES string of the molecule is Cn1cncc1C(O)(c1ccc(Cl)cc1)c1ccc2c(c1)c(CCc1cccc(F)c1)cc1nnnn12. The predicted molar refractivity (Wildman–Crippen MR) is 139 cm³/mol. The minimum atomic E-state index is -1.50. The van der Waals surface area contributed by atoms with E-state index in [2.05, 4.69) is 20.5 Å². The fourth-order valence-electron chi connectivity index (χ4n) is 4.93. The number of imidazole rings is 1. The Hall–Kier alpha value is -4.14. The van der Waals surface area contributed by atoms with E-state index >= 15 is 0 Å². The number of aryl methyl sites for hydroxylation is 3. The van der Waals surface area contributed by atoms with Gasteiger partial charge in [-0.3, -0.25) is 0 Å². The van der Waals surface area contributed by atoms with Gasteiger partial charge in [0.15, 0.2) is 11.2 Å². The van der Waals surface area contributed by atoms with Gasteiger partial charge >= 0.3 is 0 Å². The van der Waals surface area contributed by atoms with Gasteiger partial charge in [-0.2, -0.15) is 4.52 Å². The lowest BCUT2D eigenvalue weighted by molar-refractivity contribution is 0.117. The molecule has 3 aromatic carbocycles. The third-order valence-corrected chi connectivity index (χ3v) is 7.06. The lowest BCUT2D eigenvalue weighted by atomic mass is 9.82. The van der Waals surface area contributed by atoms with Gasteiger partial charge < -0.3 is 9.67 Å². The summed E-state index contributed by atoms with van der Waals surface area (Å²) in [5, 5.41) is 26.0. The number of hydrogen-bond acceptors (Lipinski definition) is 5. The van der Waals surface area contributed by atoms with Crippen molar-refractivity contribution in [1.29, 1.82) is 0 Å². The topological polar surface area (TPSA) is 81.1 Å². The van der Waals surface area contributed by atoms with Crippen molar-refractivity contribution in [2.75, 3.05) is 0 Å². The van der Waals surface area contributed by atoms with Crippen molar-refractivity contribution in [1.82, 2.24) is 29.6 Å². The zero-order chi connectivity index (χ0) is 25.6. The molecule has 9 heteroatoms. The van der Waals surface area contributed by atoms with Gasteiger partial charge in [-0.25, -0.2) is 9.37 Å². The minimum Gasteiger partial charge on any atom is -0.374 e. The van der Waals surface area contributed by atoms with E-state index in [0.717, 1.165) is 22.0 Å².